The first-order valence-electron chi connectivity index (χ1n) is 9.58. The topological polar surface area (TPSA) is 58.9 Å². The van der Waals surface area contributed by atoms with Crippen molar-refractivity contribution in [1.29, 1.82) is 0 Å². The van der Waals surface area contributed by atoms with Crippen molar-refractivity contribution in [3.05, 3.63) is 89.1 Å². The Kier molecular flexibility index (Phi) is 4.36. The van der Waals surface area contributed by atoms with Crippen LogP contribution in [0.2, 0.25) is 0 Å². The molecule has 0 aliphatic carbocycles. The number of nitrogens with zero attached hydrogens (tertiary/aromatic N) is 4. The van der Waals surface area contributed by atoms with Crippen LogP contribution in [-0.2, 0) is 0 Å². The van der Waals surface area contributed by atoms with Crippen LogP contribution in [0.4, 0.5) is 0 Å². The van der Waals surface area contributed by atoms with Crippen molar-refractivity contribution < 1.29 is 0 Å². The van der Waals surface area contributed by atoms with Gasteiger partial charge in [0.1, 0.15) is 5.82 Å². The number of aromatic nitrogens is 5. The third-order valence-corrected chi connectivity index (χ3v) is 6.27. The molecule has 0 fully saturated rings. The Morgan fingerprint density at radius 1 is 1.03 bits per heavy atom. The van der Waals surface area contributed by atoms with Gasteiger partial charge >= 0.3 is 0 Å². The second kappa shape index (κ2) is 7.04. The molecule has 0 saturated carbocycles. The van der Waals surface area contributed by atoms with Crippen LogP contribution in [0, 0.1) is 20.8 Å². The van der Waals surface area contributed by atoms with Gasteiger partial charge in [0.2, 0.25) is 0 Å². The Hall–Kier alpha value is -3.12. The second-order valence-electron chi connectivity index (χ2n) is 7.33. The summed E-state index contributed by atoms with van der Waals surface area (Å²) in [6.45, 7) is 6.24. The Bertz CT molecular complexity index is 1300. The summed E-state index contributed by atoms with van der Waals surface area (Å²) >= 11 is 1.66. The van der Waals surface area contributed by atoms with E-state index in [9.17, 15) is 0 Å². The maximum absolute atomic E-state index is 5.13. The van der Waals surface area contributed by atoms with Gasteiger partial charge in [-0.2, -0.15) is 5.10 Å². The Morgan fingerprint density at radius 3 is 2.62 bits per heavy atom. The molecule has 0 radical (unpaired) electrons. The normalized spacial score (nSPS) is 12.7. The number of H-pyrrole nitrogens is 1. The molecule has 29 heavy (non-hydrogen) atoms. The number of aryl methyl sites for hydroxylation is 3. The number of fused-ring (bicyclic) bond motifs is 3. The number of nitrogens with one attached hydrogen (secondary N) is 1. The predicted molar refractivity (Wildman–Crippen MR) is 117 cm³/mol. The van der Waals surface area contributed by atoms with Crippen molar-refractivity contribution in [3.8, 4) is 0 Å². The molecule has 0 bridgehead atoms. The molecule has 0 saturated heterocycles. The summed E-state index contributed by atoms with van der Waals surface area (Å²) in [4.78, 5) is 12.8. The molecule has 2 aromatic carbocycles. The van der Waals surface area contributed by atoms with Crippen LogP contribution in [0.25, 0.3) is 16.4 Å². The largest absolute Gasteiger partial charge is 0.340 e. The van der Waals surface area contributed by atoms with E-state index in [1.165, 1.54) is 11.1 Å². The molecule has 6 heteroatoms. The molecule has 0 spiro atoms. The van der Waals surface area contributed by atoms with Crippen LogP contribution >= 0.6 is 11.8 Å². The quantitative estimate of drug-likeness (QED) is 0.410. The van der Waals surface area contributed by atoms with Crippen molar-refractivity contribution in [1.82, 2.24) is 24.6 Å². The lowest BCUT2D eigenvalue weighted by molar-refractivity contribution is 0.815. The van der Waals surface area contributed by atoms with E-state index in [0.717, 1.165) is 38.7 Å². The molecule has 0 aliphatic heterocycles. The van der Waals surface area contributed by atoms with Gasteiger partial charge in [-0.25, -0.2) is 14.5 Å². The fraction of sp³-hybridized carbons (Fsp3) is 0.174. The number of imidazole rings is 1. The Labute approximate surface area is 173 Å². The van der Waals surface area contributed by atoms with Gasteiger partial charge in [-0.1, -0.05) is 59.8 Å². The number of hydrogen-bond donors (Lipinski definition) is 1. The van der Waals surface area contributed by atoms with Gasteiger partial charge in [0.15, 0.2) is 5.16 Å². The molecule has 3 heterocycles. The van der Waals surface area contributed by atoms with Gasteiger partial charge in [-0.15, -0.1) is 0 Å². The zero-order valence-electron chi connectivity index (χ0n) is 16.5. The molecule has 0 amide bonds. The first-order chi connectivity index (χ1) is 14.1. The highest BCUT2D eigenvalue weighted by atomic mass is 32.2. The molecule has 5 rings (SSSR count). The molecule has 5 nitrogen and oxygen atoms in total. The van der Waals surface area contributed by atoms with E-state index in [4.69, 9.17) is 10.1 Å². The number of rotatable bonds is 4. The molecule has 3 aromatic heterocycles. The van der Waals surface area contributed by atoms with E-state index in [0.29, 0.717) is 0 Å². The summed E-state index contributed by atoms with van der Waals surface area (Å²) in [5.41, 5.74) is 6.66. The first-order valence-corrected chi connectivity index (χ1v) is 10.5. The summed E-state index contributed by atoms with van der Waals surface area (Å²) in [7, 11) is 0. The average Bonchev–Trinajstić information content (AvgIpc) is 3.36. The van der Waals surface area contributed by atoms with Crippen LogP contribution < -0.4 is 0 Å². The van der Waals surface area contributed by atoms with Crippen molar-refractivity contribution in [2.75, 3.05) is 0 Å². The van der Waals surface area contributed by atoms with E-state index in [2.05, 4.69) is 72.3 Å². The number of thioether (sulfide) groups is 1. The molecule has 5 aromatic rings. The molecule has 1 N–H and O–H groups in total. The number of aromatic amines is 1. The predicted octanol–water partition coefficient (Wildman–Crippen LogP) is 5.41. The van der Waals surface area contributed by atoms with Crippen molar-refractivity contribution in [2.45, 2.75) is 31.2 Å². The monoisotopic (exact) mass is 399 g/mol. The maximum atomic E-state index is 5.13. The molecule has 1 unspecified atom stereocenters. The van der Waals surface area contributed by atoms with Crippen molar-refractivity contribution in [3.63, 3.8) is 0 Å². The van der Waals surface area contributed by atoms with E-state index in [-0.39, 0.29) is 5.25 Å². The maximum Gasteiger partial charge on any atom is 0.166 e. The van der Waals surface area contributed by atoms with Gasteiger partial charge in [0.25, 0.3) is 0 Å². The molecule has 1 atom stereocenters. The fourth-order valence-electron chi connectivity index (χ4n) is 3.65. The molecule has 144 valence electrons. The van der Waals surface area contributed by atoms with E-state index < -0.39 is 0 Å². The van der Waals surface area contributed by atoms with Crippen LogP contribution in [0.15, 0.2) is 66.1 Å². The second-order valence-corrected chi connectivity index (χ2v) is 8.42. The Balaban J connectivity index is 1.80. The van der Waals surface area contributed by atoms with Gasteiger partial charge in [0.05, 0.1) is 22.0 Å². The third-order valence-electron chi connectivity index (χ3n) is 5.11. The molecular weight excluding hydrogens is 378 g/mol. The summed E-state index contributed by atoms with van der Waals surface area (Å²) < 4.78 is 2.00. The lowest BCUT2D eigenvalue weighted by atomic mass is 10.1. The summed E-state index contributed by atoms with van der Waals surface area (Å²) in [6.07, 6.45) is 3.63. The average molecular weight is 400 g/mol. The minimum Gasteiger partial charge on any atom is -0.340 e. The van der Waals surface area contributed by atoms with Gasteiger partial charge in [-0.3, -0.25) is 0 Å². The van der Waals surface area contributed by atoms with Gasteiger partial charge in [0, 0.05) is 17.8 Å². The van der Waals surface area contributed by atoms with Crippen LogP contribution in [-0.4, -0.2) is 24.6 Å². The smallest absolute Gasteiger partial charge is 0.166 e. The fourth-order valence-corrected chi connectivity index (χ4v) is 4.68. The lowest BCUT2D eigenvalue weighted by Gasteiger charge is -2.18. The van der Waals surface area contributed by atoms with Gasteiger partial charge in [-0.05, 0) is 38.0 Å². The summed E-state index contributed by atoms with van der Waals surface area (Å²) in [6, 6.07) is 17.1. The summed E-state index contributed by atoms with van der Waals surface area (Å²) in [5, 5.41) is 6.73. The SMILES string of the molecule is Cc1ccc(C(Sc2ncc[nH]2)c2nc3c(C)cccc3c3cc(C)nn23)cc1. The number of hydrogen-bond acceptors (Lipinski definition) is 4. The highest BCUT2D eigenvalue weighted by Crippen LogP contribution is 2.39. The number of benzene rings is 2. The third kappa shape index (κ3) is 3.19. The summed E-state index contributed by atoms with van der Waals surface area (Å²) in [5.74, 6) is 0.903. The lowest BCUT2D eigenvalue weighted by Crippen LogP contribution is -2.10. The first kappa shape index (κ1) is 17.9. The van der Waals surface area contributed by atoms with E-state index in [1.807, 2.05) is 17.6 Å². The number of para-hydroxylation sites is 1. The van der Waals surface area contributed by atoms with Crippen molar-refractivity contribution >= 4 is 28.2 Å². The highest BCUT2D eigenvalue weighted by molar-refractivity contribution is 7.99. The van der Waals surface area contributed by atoms with Crippen LogP contribution in [0.1, 0.15) is 33.5 Å². The zero-order valence-corrected chi connectivity index (χ0v) is 17.4. The minimum atomic E-state index is -0.0486. The molecule has 0 aliphatic rings. The highest BCUT2D eigenvalue weighted by Gasteiger charge is 2.24. The van der Waals surface area contributed by atoms with Crippen molar-refractivity contribution in [2.24, 2.45) is 0 Å². The minimum absolute atomic E-state index is 0.0486. The van der Waals surface area contributed by atoms with Crippen LogP contribution in [0.5, 0.6) is 0 Å². The zero-order chi connectivity index (χ0) is 20.0. The standard InChI is InChI=1S/C23H21N5S/c1-14-7-9-17(10-8-14)21(29-23-24-11-12-25-23)22-26-20-15(2)5-4-6-18(20)19-13-16(3)27-28(19)22/h4-13,21H,1-3H3,(H,24,25). The van der Waals surface area contributed by atoms with E-state index >= 15 is 0 Å². The molecular formula is C23H21N5S. The Morgan fingerprint density at radius 2 is 1.86 bits per heavy atom. The van der Waals surface area contributed by atoms with Crippen LogP contribution in [0.3, 0.4) is 0 Å². The van der Waals surface area contributed by atoms with E-state index in [1.54, 1.807) is 18.0 Å². The van der Waals surface area contributed by atoms with Gasteiger partial charge < -0.3 is 4.98 Å².